The Bertz CT molecular complexity index is 691. The minimum Gasteiger partial charge on any atom is -0.477 e. The van der Waals surface area contributed by atoms with E-state index in [0.717, 1.165) is 0 Å². The van der Waals surface area contributed by atoms with E-state index in [1.807, 2.05) is 0 Å². The Labute approximate surface area is 123 Å². The summed E-state index contributed by atoms with van der Waals surface area (Å²) in [6.07, 6.45) is 2.55. The average Bonchev–Trinajstić information content (AvgIpc) is 2.42. The fourth-order valence-electron chi connectivity index (χ4n) is 1.37. The highest BCUT2D eigenvalue weighted by Crippen LogP contribution is 2.20. The molecule has 2 aromatic rings. The molecule has 0 spiro atoms. The van der Waals surface area contributed by atoms with Gasteiger partial charge in [0.15, 0.2) is 0 Å². The zero-order valence-corrected chi connectivity index (χ0v) is 11.3. The lowest BCUT2D eigenvalue weighted by atomic mass is 10.2. The standard InChI is InChI=1S/C12H7Cl2N3O3/c13-8-3-6(5-16-10(8)14)11(18)17-7-1-2-15-9(4-7)12(19)20/h1-5H,(H,19,20)(H,15,17,18). The Kier molecular flexibility index (Phi) is 4.16. The first-order valence-corrected chi connectivity index (χ1v) is 6.04. The number of nitrogens with zero attached hydrogens (tertiary/aromatic N) is 2. The molecule has 6 nitrogen and oxygen atoms in total. The predicted molar refractivity (Wildman–Crippen MR) is 73.4 cm³/mol. The Balaban J connectivity index is 2.21. The molecule has 0 unspecified atom stereocenters. The molecule has 20 heavy (non-hydrogen) atoms. The summed E-state index contributed by atoms with van der Waals surface area (Å²) in [4.78, 5) is 30.1. The van der Waals surface area contributed by atoms with Gasteiger partial charge in [-0.3, -0.25) is 4.79 Å². The van der Waals surface area contributed by atoms with Crippen molar-refractivity contribution in [2.24, 2.45) is 0 Å². The zero-order chi connectivity index (χ0) is 14.7. The van der Waals surface area contributed by atoms with Crippen LogP contribution in [0, 0.1) is 0 Å². The van der Waals surface area contributed by atoms with Crippen molar-refractivity contribution in [3.8, 4) is 0 Å². The molecule has 2 rings (SSSR count). The second-order valence-corrected chi connectivity index (χ2v) is 4.45. The Morgan fingerprint density at radius 2 is 1.95 bits per heavy atom. The van der Waals surface area contributed by atoms with Gasteiger partial charge in [-0.1, -0.05) is 23.2 Å². The third kappa shape index (κ3) is 3.23. The van der Waals surface area contributed by atoms with Gasteiger partial charge in [0.2, 0.25) is 0 Å². The maximum atomic E-state index is 11.9. The maximum Gasteiger partial charge on any atom is 0.354 e. The number of aromatic carboxylic acids is 1. The van der Waals surface area contributed by atoms with Crippen molar-refractivity contribution >= 4 is 40.8 Å². The van der Waals surface area contributed by atoms with Crippen LogP contribution in [-0.2, 0) is 0 Å². The predicted octanol–water partition coefficient (Wildman–Crippen LogP) is 2.73. The highest BCUT2D eigenvalue weighted by Gasteiger charge is 2.11. The summed E-state index contributed by atoms with van der Waals surface area (Å²) < 4.78 is 0. The van der Waals surface area contributed by atoms with Crippen molar-refractivity contribution in [2.75, 3.05) is 5.32 Å². The lowest BCUT2D eigenvalue weighted by Gasteiger charge is -2.06. The molecule has 1 amide bonds. The van der Waals surface area contributed by atoms with Crippen molar-refractivity contribution in [3.05, 3.63) is 52.0 Å². The normalized spacial score (nSPS) is 10.1. The number of pyridine rings is 2. The lowest BCUT2D eigenvalue weighted by molar-refractivity contribution is 0.0690. The molecular weight excluding hydrogens is 305 g/mol. The van der Waals surface area contributed by atoms with E-state index in [-0.39, 0.29) is 21.4 Å². The molecule has 0 saturated heterocycles. The van der Waals surface area contributed by atoms with Crippen LogP contribution < -0.4 is 5.32 Å². The van der Waals surface area contributed by atoms with Crippen LogP contribution in [-0.4, -0.2) is 27.0 Å². The molecule has 8 heteroatoms. The first-order valence-electron chi connectivity index (χ1n) is 5.29. The molecule has 2 heterocycles. The summed E-state index contributed by atoms with van der Waals surface area (Å²) in [7, 11) is 0. The number of amides is 1. The number of carbonyl (C=O) groups excluding carboxylic acids is 1. The minimum atomic E-state index is -1.18. The zero-order valence-electron chi connectivity index (χ0n) is 9.80. The number of halogens is 2. The Morgan fingerprint density at radius 1 is 1.20 bits per heavy atom. The number of rotatable bonds is 3. The van der Waals surface area contributed by atoms with Crippen LogP contribution in [0.15, 0.2) is 30.6 Å². The molecule has 0 aliphatic rings. The van der Waals surface area contributed by atoms with E-state index in [4.69, 9.17) is 28.3 Å². The first-order chi connectivity index (χ1) is 9.47. The van der Waals surface area contributed by atoms with E-state index in [2.05, 4.69) is 15.3 Å². The van der Waals surface area contributed by atoms with Gasteiger partial charge in [-0.05, 0) is 18.2 Å². The van der Waals surface area contributed by atoms with Crippen molar-refractivity contribution < 1.29 is 14.7 Å². The molecule has 0 aromatic carbocycles. The van der Waals surface area contributed by atoms with Crippen LogP contribution in [0.1, 0.15) is 20.8 Å². The lowest BCUT2D eigenvalue weighted by Crippen LogP contribution is -2.13. The average molecular weight is 312 g/mol. The fraction of sp³-hybridized carbons (Fsp3) is 0. The molecule has 0 bridgehead atoms. The van der Waals surface area contributed by atoms with E-state index in [1.54, 1.807) is 0 Å². The van der Waals surface area contributed by atoms with Gasteiger partial charge in [0.1, 0.15) is 10.8 Å². The Morgan fingerprint density at radius 3 is 2.60 bits per heavy atom. The molecule has 2 aromatic heterocycles. The number of anilines is 1. The molecule has 0 aliphatic heterocycles. The Hall–Kier alpha value is -2.18. The first kappa shape index (κ1) is 14.2. The van der Waals surface area contributed by atoms with Crippen molar-refractivity contribution in [3.63, 3.8) is 0 Å². The van der Waals surface area contributed by atoms with Crippen LogP contribution in [0.2, 0.25) is 10.2 Å². The molecule has 102 valence electrons. The summed E-state index contributed by atoms with van der Waals surface area (Å²) in [5.41, 5.74) is 0.330. The molecular formula is C12H7Cl2N3O3. The van der Waals surface area contributed by atoms with Gasteiger partial charge in [0, 0.05) is 18.1 Å². The van der Waals surface area contributed by atoms with Crippen LogP contribution in [0.3, 0.4) is 0 Å². The molecule has 2 N–H and O–H groups in total. The van der Waals surface area contributed by atoms with Crippen molar-refractivity contribution in [1.82, 2.24) is 9.97 Å². The number of carbonyl (C=O) groups is 2. The molecule has 0 atom stereocenters. The summed E-state index contributed by atoms with van der Waals surface area (Å²) in [5, 5.41) is 11.6. The highest BCUT2D eigenvalue weighted by atomic mass is 35.5. The summed E-state index contributed by atoms with van der Waals surface area (Å²) in [6, 6.07) is 4.08. The number of aromatic nitrogens is 2. The molecule has 0 saturated carbocycles. The monoisotopic (exact) mass is 311 g/mol. The second-order valence-electron chi connectivity index (χ2n) is 3.69. The minimum absolute atomic E-state index is 0.0975. The summed E-state index contributed by atoms with van der Waals surface area (Å²) in [5.74, 6) is -1.67. The van der Waals surface area contributed by atoms with E-state index in [0.29, 0.717) is 5.69 Å². The highest BCUT2D eigenvalue weighted by molar-refractivity contribution is 6.41. The summed E-state index contributed by atoms with van der Waals surface area (Å²) >= 11 is 11.4. The quantitative estimate of drug-likeness (QED) is 0.850. The van der Waals surface area contributed by atoms with Gasteiger partial charge in [-0.2, -0.15) is 0 Å². The summed E-state index contributed by atoms with van der Waals surface area (Å²) in [6.45, 7) is 0. The van der Waals surface area contributed by atoms with Crippen LogP contribution in [0.5, 0.6) is 0 Å². The van der Waals surface area contributed by atoms with Gasteiger partial charge >= 0.3 is 5.97 Å². The number of hydrogen-bond donors (Lipinski definition) is 2. The fourth-order valence-corrected chi connectivity index (χ4v) is 1.64. The number of hydrogen-bond acceptors (Lipinski definition) is 4. The van der Waals surface area contributed by atoms with Gasteiger partial charge in [0.25, 0.3) is 5.91 Å². The maximum absolute atomic E-state index is 11.9. The topological polar surface area (TPSA) is 92.2 Å². The second kappa shape index (κ2) is 5.85. The van der Waals surface area contributed by atoms with E-state index >= 15 is 0 Å². The van der Waals surface area contributed by atoms with Crippen LogP contribution in [0.25, 0.3) is 0 Å². The molecule has 0 radical (unpaired) electrons. The third-order valence-electron chi connectivity index (χ3n) is 2.30. The smallest absolute Gasteiger partial charge is 0.354 e. The third-order valence-corrected chi connectivity index (χ3v) is 2.98. The van der Waals surface area contributed by atoms with Gasteiger partial charge in [-0.15, -0.1) is 0 Å². The number of carboxylic acids is 1. The molecule has 0 fully saturated rings. The van der Waals surface area contributed by atoms with Crippen LogP contribution >= 0.6 is 23.2 Å². The van der Waals surface area contributed by atoms with Gasteiger partial charge < -0.3 is 10.4 Å². The van der Waals surface area contributed by atoms with E-state index < -0.39 is 11.9 Å². The van der Waals surface area contributed by atoms with Gasteiger partial charge in [0.05, 0.1) is 10.6 Å². The molecule has 0 aliphatic carbocycles. The van der Waals surface area contributed by atoms with Crippen molar-refractivity contribution in [2.45, 2.75) is 0 Å². The SMILES string of the molecule is O=C(Nc1ccnc(C(=O)O)c1)c1cnc(Cl)c(Cl)c1. The van der Waals surface area contributed by atoms with Gasteiger partial charge in [-0.25, -0.2) is 14.8 Å². The number of carboxylic acid groups (broad SMARTS) is 1. The number of nitrogens with one attached hydrogen (secondary N) is 1. The van der Waals surface area contributed by atoms with Crippen LogP contribution in [0.4, 0.5) is 5.69 Å². The van der Waals surface area contributed by atoms with E-state index in [1.165, 1.54) is 30.6 Å². The largest absolute Gasteiger partial charge is 0.477 e. The van der Waals surface area contributed by atoms with Crippen molar-refractivity contribution in [1.29, 1.82) is 0 Å². The van der Waals surface area contributed by atoms with E-state index in [9.17, 15) is 9.59 Å².